The van der Waals surface area contributed by atoms with Crippen molar-refractivity contribution >= 4 is 63.9 Å². The highest BCUT2D eigenvalue weighted by Gasteiger charge is 2.32. The summed E-state index contributed by atoms with van der Waals surface area (Å²) in [7, 11) is -7.69. The Hall–Kier alpha value is -3.70. The van der Waals surface area contributed by atoms with Gasteiger partial charge in [-0.2, -0.15) is 8.61 Å². The zero-order valence-corrected chi connectivity index (χ0v) is 22.4. The highest BCUT2D eigenvalue weighted by Crippen LogP contribution is 2.33. The van der Waals surface area contributed by atoms with Crippen molar-refractivity contribution in [2.45, 2.75) is 16.2 Å². The van der Waals surface area contributed by atoms with Gasteiger partial charge in [-0.1, -0.05) is 36.4 Å². The summed E-state index contributed by atoms with van der Waals surface area (Å²) in [5.41, 5.74) is 2.62. The fraction of sp³-hybridized carbons (Fsp3) is 0.172. The maximum absolute atomic E-state index is 13.6. The molecule has 1 saturated heterocycles. The van der Waals surface area contributed by atoms with E-state index in [0.717, 1.165) is 21.5 Å². The van der Waals surface area contributed by atoms with E-state index in [1.807, 2.05) is 48.5 Å². The van der Waals surface area contributed by atoms with Crippen LogP contribution in [-0.4, -0.2) is 51.6 Å². The normalized spacial score (nSPS) is 16.4. The van der Waals surface area contributed by atoms with Crippen molar-refractivity contribution in [3.8, 4) is 0 Å². The Balaban J connectivity index is 1.17. The molecule has 0 bridgehead atoms. The van der Waals surface area contributed by atoms with E-state index in [1.165, 1.54) is 8.61 Å². The molecular weight excluding hydrogens is 536 g/mol. The summed E-state index contributed by atoms with van der Waals surface area (Å²) in [4.78, 5) is 0.324. The van der Waals surface area contributed by atoms with Crippen LogP contribution in [0.25, 0.3) is 43.9 Å². The summed E-state index contributed by atoms with van der Waals surface area (Å²) in [5, 5.41) is 3.15. The summed E-state index contributed by atoms with van der Waals surface area (Å²) >= 11 is 0. The number of hydrogen-bond acceptors (Lipinski definition) is 6. The van der Waals surface area contributed by atoms with Crippen molar-refractivity contribution < 1.29 is 25.7 Å². The lowest BCUT2D eigenvalue weighted by molar-refractivity contribution is 0.404. The van der Waals surface area contributed by atoms with Gasteiger partial charge in [0, 0.05) is 47.7 Å². The van der Waals surface area contributed by atoms with E-state index >= 15 is 0 Å². The number of fused-ring (bicyclic) bond motifs is 6. The third-order valence-electron chi connectivity index (χ3n) is 7.39. The van der Waals surface area contributed by atoms with E-state index in [-0.39, 0.29) is 36.0 Å². The highest BCUT2D eigenvalue weighted by atomic mass is 32.2. The van der Waals surface area contributed by atoms with Gasteiger partial charge in [-0.15, -0.1) is 0 Å². The molecular formula is C29H24N2O6S2. The first-order chi connectivity index (χ1) is 18.8. The minimum absolute atomic E-state index is 0.0582. The highest BCUT2D eigenvalue weighted by molar-refractivity contribution is 7.89. The zero-order chi connectivity index (χ0) is 26.8. The molecule has 0 spiro atoms. The molecule has 0 unspecified atom stereocenters. The van der Waals surface area contributed by atoms with E-state index < -0.39 is 20.0 Å². The van der Waals surface area contributed by atoms with Crippen molar-refractivity contribution in [3.05, 3.63) is 84.9 Å². The molecule has 8 nitrogen and oxygen atoms in total. The fourth-order valence-electron chi connectivity index (χ4n) is 5.38. The summed E-state index contributed by atoms with van der Waals surface area (Å²) in [5.74, 6) is 0. The second-order valence-corrected chi connectivity index (χ2v) is 13.5. The molecule has 2 aromatic heterocycles. The second kappa shape index (κ2) is 8.92. The summed E-state index contributed by atoms with van der Waals surface area (Å²) in [6.45, 7) is 0.569. The van der Waals surface area contributed by atoms with Gasteiger partial charge in [0.2, 0.25) is 20.0 Å². The molecule has 4 aromatic carbocycles. The lowest BCUT2D eigenvalue weighted by Gasteiger charge is -2.22. The van der Waals surface area contributed by atoms with E-state index in [0.29, 0.717) is 28.8 Å². The first kappa shape index (κ1) is 24.3. The van der Waals surface area contributed by atoms with Crippen LogP contribution in [0.5, 0.6) is 0 Å². The number of hydrogen-bond donors (Lipinski definition) is 0. The van der Waals surface area contributed by atoms with E-state index in [9.17, 15) is 16.8 Å². The smallest absolute Gasteiger partial charge is 0.243 e. The average Bonchev–Trinajstić information content (AvgIpc) is 3.39. The molecule has 1 aliphatic heterocycles. The maximum atomic E-state index is 13.6. The largest absolute Gasteiger partial charge is 0.456 e. The Kier molecular flexibility index (Phi) is 5.57. The van der Waals surface area contributed by atoms with Crippen LogP contribution in [0.4, 0.5) is 0 Å². The van der Waals surface area contributed by atoms with Crippen molar-refractivity contribution in [1.82, 2.24) is 8.61 Å². The van der Waals surface area contributed by atoms with Gasteiger partial charge in [-0.05, 0) is 55.0 Å². The van der Waals surface area contributed by atoms with Crippen molar-refractivity contribution in [3.63, 3.8) is 0 Å². The Bertz CT molecular complexity index is 1960. The lowest BCUT2D eigenvalue weighted by atomic mass is 10.1. The van der Waals surface area contributed by atoms with Gasteiger partial charge in [0.1, 0.15) is 22.3 Å². The molecule has 0 N–H and O–H groups in total. The minimum Gasteiger partial charge on any atom is -0.456 e. The van der Waals surface area contributed by atoms with Gasteiger partial charge < -0.3 is 8.83 Å². The predicted molar refractivity (Wildman–Crippen MR) is 150 cm³/mol. The fourth-order valence-corrected chi connectivity index (χ4v) is 8.37. The van der Waals surface area contributed by atoms with Crippen LogP contribution in [0.2, 0.25) is 0 Å². The second-order valence-electron chi connectivity index (χ2n) is 9.67. The third kappa shape index (κ3) is 3.94. The van der Waals surface area contributed by atoms with Crippen LogP contribution in [0.1, 0.15) is 6.42 Å². The van der Waals surface area contributed by atoms with Gasteiger partial charge >= 0.3 is 0 Å². The van der Waals surface area contributed by atoms with Crippen molar-refractivity contribution in [2.24, 2.45) is 0 Å². The molecule has 0 radical (unpaired) electrons. The molecule has 1 aliphatic rings. The van der Waals surface area contributed by atoms with Crippen molar-refractivity contribution in [1.29, 1.82) is 0 Å². The van der Waals surface area contributed by atoms with Crippen LogP contribution in [0.3, 0.4) is 0 Å². The number of benzene rings is 4. The standard InChI is InChI=1S/C29H24N2O6S2/c32-38(33,20-10-12-28-24(18-20)22-6-1-3-8-26(22)36-28)30-14-5-15-31(17-16-30)39(34,35)21-11-13-29-25(19-21)23-7-2-4-9-27(23)37-29/h1-4,6-13,18-19H,5,14-17H2. The van der Waals surface area contributed by atoms with E-state index in [2.05, 4.69) is 0 Å². The van der Waals surface area contributed by atoms with E-state index in [4.69, 9.17) is 8.83 Å². The summed E-state index contributed by atoms with van der Waals surface area (Å²) < 4.78 is 68.9. The Morgan fingerprint density at radius 3 is 1.36 bits per heavy atom. The number of nitrogens with zero attached hydrogens (tertiary/aromatic N) is 2. The molecule has 0 aliphatic carbocycles. The molecule has 0 saturated carbocycles. The first-order valence-electron chi connectivity index (χ1n) is 12.7. The van der Waals surface area contributed by atoms with Crippen LogP contribution >= 0.6 is 0 Å². The Morgan fingerprint density at radius 2 is 0.897 bits per heavy atom. The molecule has 6 aromatic rings. The van der Waals surface area contributed by atoms with Gasteiger partial charge in [0.15, 0.2) is 0 Å². The van der Waals surface area contributed by atoms with Gasteiger partial charge in [0.05, 0.1) is 9.79 Å². The third-order valence-corrected chi connectivity index (χ3v) is 11.2. The van der Waals surface area contributed by atoms with E-state index in [1.54, 1.807) is 36.4 Å². The Labute approximate surface area is 225 Å². The molecule has 3 heterocycles. The number of furan rings is 2. The SMILES string of the molecule is O=S(=O)(c1ccc2oc3ccccc3c2c1)N1CCCN(S(=O)(=O)c2ccc3oc4ccccc4c3c2)CC1. The number of rotatable bonds is 4. The molecule has 0 amide bonds. The van der Waals surface area contributed by atoms with Crippen LogP contribution in [0.15, 0.2) is 104 Å². The van der Waals surface area contributed by atoms with Crippen LogP contribution in [-0.2, 0) is 20.0 Å². The maximum Gasteiger partial charge on any atom is 0.243 e. The number of sulfonamides is 2. The molecule has 0 atom stereocenters. The zero-order valence-electron chi connectivity index (χ0n) is 20.8. The molecule has 1 fully saturated rings. The average molecular weight is 561 g/mol. The minimum atomic E-state index is -3.84. The predicted octanol–water partition coefficient (Wildman–Crippen LogP) is 5.57. The summed E-state index contributed by atoms with van der Waals surface area (Å²) in [6.07, 6.45) is 0.381. The topological polar surface area (TPSA) is 101 Å². The quantitative estimate of drug-likeness (QED) is 0.279. The first-order valence-corrected chi connectivity index (χ1v) is 15.5. The van der Waals surface area contributed by atoms with Gasteiger partial charge in [0.25, 0.3) is 0 Å². The molecule has 10 heteroatoms. The monoisotopic (exact) mass is 560 g/mol. The molecule has 198 valence electrons. The Morgan fingerprint density at radius 1 is 0.487 bits per heavy atom. The van der Waals surface area contributed by atoms with Gasteiger partial charge in [-0.3, -0.25) is 0 Å². The molecule has 39 heavy (non-hydrogen) atoms. The van der Waals surface area contributed by atoms with Crippen LogP contribution < -0.4 is 0 Å². The van der Waals surface area contributed by atoms with Gasteiger partial charge in [-0.25, -0.2) is 16.8 Å². The number of para-hydroxylation sites is 2. The lowest BCUT2D eigenvalue weighted by Crippen LogP contribution is -2.37. The summed E-state index contributed by atoms with van der Waals surface area (Å²) in [6, 6.07) is 24.7. The van der Waals surface area contributed by atoms with Crippen molar-refractivity contribution in [2.75, 3.05) is 26.2 Å². The van der Waals surface area contributed by atoms with Crippen LogP contribution in [0, 0.1) is 0 Å². The molecule has 7 rings (SSSR count).